The number of aromatic nitrogens is 1. The number of rotatable bonds is 4. The zero-order valence-electron chi connectivity index (χ0n) is 10.7. The molecule has 1 heterocycles. The van der Waals surface area contributed by atoms with Gasteiger partial charge in [0.25, 0.3) is 0 Å². The van der Waals surface area contributed by atoms with Crippen LogP contribution >= 0.6 is 11.3 Å². The molecular weight excluding hydrogens is 232 g/mol. The zero-order chi connectivity index (χ0) is 12.5. The van der Waals surface area contributed by atoms with Crippen molar-refractivity contribution in [3.05, 3.63) is 16.1 Å². The van der Waals surface area contributed by atoms with E-state index in [1.54, 1.807) is 11.3 Å². The fourth-order valence-corrected chi connectivity index (χ4v) is 2.58. The van der Waals surface area contributed by atoms with E-state index in [-0.39, 0.29) is 11.3 Å². The molecule has 0 saturated heterocycles. The van der Waals surface area contributed by atoms with Crippen LogP contribution in [0.3, 0.4) is 0 Å². The summed E-state index contributed by atoms with van der Waals surface area (Å²) < 4.78 is 0. The van der Waals surface area contributed by atoms with Crippen molar-refractivity contribution < 1.29 is 4.79 Å². The topological polar surface area (TPSA) is 42.0 Å². The molecule has 4 heteroatoms. The maximum absolute atomic E-state index is 11.4. The van der Waals surface area contributed by atoms with Crippen LogP contribution in [0.25, 0.3) is 0 Å². The van der Waals surface area contributed by atoms with Gasteiger partial charge in [-0.2, -0.15) is 0 Å². The Morgan fingerprint density at radius 1 is 1.53 bits per heavy atom. The Hall–Kier alpha value is -0.900. The average molecular weight is 252 g/mol. The van der Waals surface area contributed by atoms with Crippen molar-refractivity contribution in [1.82, 2.24) is 10.3 Å². The quantitative estimate of drug-likeness (QED) is 0.894. The van der Waals surface area contributed by atoms with Gasteiger partial charge in [0.05, 0.1) is 10.7 Å². The lowest BCUT2D eigenvalue weighted by Crippen LogP contribution is -2.26. The normalized spacial score (nSPS) is 15.9. The van der Waals surface area contributed by atoms with Crippen LogP contribution in [0.5, 0.6) is 0 Å². The molecule has 2 rings (SSSR count). The summed E-state index contributed by atoms with van der Waals surface area (Å²) in [6, 6.07) is 0. The van der Waals surface area contributed by atoms with Gasteiger partial charge < -0.3 is 5.32 Å². The molecule has 0 bridgehead atoms. The fraction of sp³-hybridized carbons (Fsp3) is 0.692. The third-order valence-electron chi connectivity index (χ3n) is 2.91. The molecule has 1 fully saturated rings. The minimum absolute atomic E-state index is 0.117. The van der Waals surface area contributed by atoms with Crippen molar-refractivity contribution in [2.75, 3.05) is 6.54 Å². The largest absolute Gasteiger partial charge is 0.355 e. The third kappa shape index (κ3) is 3.53. The van der Waals surface area contributed by atoms with Crippen LogP contribution in [-0.4, -0.2) is 17.4 Å². The van der Waals surface area contributed by atoms with Crippen LogP contribution in [0.15, 0.2) is 5.38 Å². The molecule has 1 amide bonds. The Kier molecular flexibility index (Phi) is 3.52. The number of amides is 1. The first-order valence-corrected chi connectivity index (χ1v) is 7.07. The number of thiazole rings is 1. The molecule has 1 N–H and O–H groups in total. The van der Waals surface area contributed by atoms with E-state index in [2.05, 4.69) is 36.5 Å². The average Bonchev–Trinajstić information content (AvgIpc) is 2.97. The number of nitrogens with one attached hydrogen (secondary N) is 1. The van der Waals surface area contributed by atoms with E-state index in [9.17, 15) is 4.79 Å². The van der Waals surface area contributed by atoms with E-state index >= 15 is 0 Å². The number of carbonyl (C=O) groups excluding carboxylic acids is 1. The van der Waals surface area contributed by atoms with Crippen molar-refractivity contribution in [2.24, 2.45) is 5.92 Å². The minimum Gasteiger partial charge on any atom is -0.355 e. The van der Waals surface area contributed by atoms with Gasteiger partial charge in [0.1, 0.15) is 0 Å². The molecule has 94 valence electrons. The standard InChI is InChI=1S/C13H20N2OS/c1-13(2,3)10-8-17-11(15-10)6-7-14-12(16)9-4-5-9/h8-9H,4-7H2,1-3H3,(H,14,16). The monoisotopic (exact) mass is 252 g/mol. The summed E-state index contributed by atoms with van der Waals surface area (Å²) in [6.07, 6.45) is 2.98. The van der Waals surface area contributed by atoms with Crippen molar-refractivity contribution >= 4 is 17.2 Å². The first-order chi connectivity index (χ1) is 7.97. The second kappa shape index (κ2) is 4.77. The summed E-state index contributed by atoms with van der Waals surface area (Å²) in [7, 11) is 0. The predicted molar refractivity (Wildman–Crippen MR) is 70.3 cm³/mol. The number of hydrogen-bond acceptors (Lipinski definition) is 3. The van der Waals surface area contributed by atoms with Gasteiger partial charge in [0.15, 0.2) is 0 Å². The lowest BCUT2D eigenvalue weighted by atomic mass is 9.93. The molecule has 1 aliphatic carbocycles. The summed E-state index contributed by atoms with van der Waals surface area (Å²) in [4.78, 5) is 16.0. The Balaban J connectivity index is 1.79. The molecule has 0 spiro atoms. The molecule has 0 aliphatic heterocycles. The molecule has 3 nitrogen and oxygen atoms in total. The second-order valence-corrected chi connectivity index (χ2v) is 6.63. The van der Waals surface area contributed by atoms with Crippen LogP contribution < -0.4 is 5.32 Å². The van der Waals surface area contributed by atoms with E-state index in [0.717, 1.165) is 30.0 Å². The van der Waals surface area contributed by atoms with Gasteiger partial charge in [-0.05, 0) is 12.8 Å². The first-order valence-electron chi connectivity index (χ1n) is 6.19. The third-order valence-corrected chi connectivity index (χ3v) is 3.82. The number of carbonyl (C=O) groups is 1. The van der Waals surface area contributed by atoms with E-state index < -0.39 is 0 Å². The smallest absolute Gasteiger partial charge is 0.223 e. The van der Waals surface area contributed by atoms with Crippen LogP contribution in [0.1, 0.15) is 44.3 Å². The summed E-state index contributed by atoms with van der Waals surface area (Å²) in [5.74, 6) is 0.522. The molecule has 1 aromatic rings. The summed E-state index contributed by atoms with van der Waals surface area (Å²) in [5.41, 5.74) is 1.26. The van der Waals surface area contributed by atoms with Crippen LogP contribution in [0.2, 0.25) is 0 Å². The van der Waals surface area contributed by atoms with Gasteiger partial charge in [-0.1, -0.05) is 20.8 Å². The predicted octanol–water partition coefficient (Wildman–Crippen LogP) is 2.51. The highest BCUT2D eigenvalue weighted by atomic mass is 32.1. The molecule has 1 saturated carbocycles. The molecule has 0 atom stereocenters. The highest BCUT2D eigenvalue weighted by Gasteiger charge is 2.29. The van der Waals surface area contributed by atoms with Crippen LogP contribution in [0.4, 0.5) is 0 Å². The van der Waals surface area contributed by atoms with Crippen LogP contribution in [0, 0.1) is 5.92 Å². The van der Waals surface area contributed by atoms with E-state index in [4.69, 9.17) is 0 Å². The molecule has 0 aromatic carbocycles. The number of nitrogens with zero attached hydrogens (tertiary/aromatic N) is 1. The minimum atomic E-state index is 0.117. The van der Waals surface area contributed by atoms with Crippen LogP contribution in [-0.2, 0) is 16.6 Å². The van der Waals surface area contributed by atoms with E-state index in [1.165, 1.54) is 0 Å². The van der Waals surface area contributed by atoms with Crippen molar-refractivity contribution in [3.63, 3.8) is 0 Å². The van der Waals surface area contributed by atoms with E-state index in [1.807, 2.05) is 0 Å². The van der Waals surface area contributed by atoms with E-state index in [0.29, 0.717) is 12.5 Å². The lowest BCUT2D eigenvalue weighted by molar-refractivity contribution is -0.122. The maximum Gasteiger partial charge on any atom is 0.223 e. The number of hydrogen-bond donors (Lipinski definition) is 1. The summed E-state index contributed by atoms with van der Waals surface area (Å²) in [6.45, 7) is 7.22. The van der Waals surface area contributed by atoms with Crippen molar-refractivity contribution in [1.29, 1.82) is 0 Å². The lowest BCUT2D eigenvalue weighted by Gasteiger charge is -2.14. The Labute approximate surface area is 107 Å². The molecule has 1 aromatic heterocycles. The highest BCUT2D eigenvalue weighted by Crippen LogP contribution is 2.28. The second-order valence-electron chi connectivity index (χ2n) is 5.69. The SMILES string of the molecule is CC(C)(C)c1csc(CCNC(=O)C2CC2)n1. The van der Waals surface area contributed by atoms with Gasteiger partial charge in [0, 0.05) is 29.7 Å². The summed E-state index contributed by atoms with van der Waals surface area (Å²) >= 11 is 1.69. The molecule has 0 radical (unpaired) electrons. The molecular formula is C13H20N2OS. The Morgan fingerprint density at radius 2 is 2.24 bits per heavy atom. The highest BCUT2D eigenvalue weighted by molar-refractivity contribution is 7.09. The maximum atomic E-state index is 11.4. The zero-order valence-corrected chi connectivity index (χ0v) is 11.6. The molecule has 0 unspecified atom stereocenters. The van der Waals surface area contributed by atoms with Gasteiger partial charge >= 0.3 is 0 Å². The Morgan fingerprint density at radius 3 is 2.76 bits per heavy atom. The summed E-state index contributed by atoms with van der Waals surface area (Å²) in [5, 5.41) is 6.21. The van der Waals surface area contributed by atoms with Crippen molar-refractivity contribution in [2.45, 2.75) is 45.4 Å². The van der Waals surface area contributed by atoms with Gasteiger partial charge in [-0.3, -0.25) is 4.79 Å². The fourth-order valence-electron chi connectivity index (χ4n) is 1.55. The van der Waals surface area contributed by atoms with Gasteiger partial charge in [-0.25, -0.2) is 4.98 Å². The van der Waals surface area contributed by atoms with Crippen molar-refractivity contribution in [3.8, 4) is 0 Å². The Bertz CT molecular complexity index is 402. The van der Waals surface area contributed by atoms with Gasteiger partial charge in [-0.15, -0.1) is 11.3 Å². The molecule has 1 aliphatic rings. The van der Waals surface area contributed by atoms with Gasteiger partial charge in [0.2, 0.25) is 5.91 Å². The first kappa shape index (κ1) is 12.6. The molecule has 17 heavy (non-hydrogen) atoms.